The molecule has 1 unspecified atom stereocenters. The Morgan fingerprint density at radius 2 is 1.80 bits per heavy atom. The number of amides is 1. The second kappa shape index (κ2) is 6.33. The number of ether oxygens (including phenoxy) is 2. The second-order valence-electron chi connectivity index (χ2n) is 5.29. The molecule has 0 spiro atoms. The normalized spacial score (nSPS) is 12.9. The Kier molecular flexibility index (Phi) is 5.25. The number of benzene rings is 1. The van der Waals surface area contributed by atoms with Gasteiger partial charge in [-0.25, -0.2) is 0 Å². The first-order valence-corrected chi connectivity index (χ1v) is 6.57. The van der Waals surface area contributed by atoms with Crippen molar-refractivity contribution in [3.05, 3.63) is 22.7 Å². The van der Waals surface area contributed by atoms with Crippen LogP contribution >= 0.6 is 11.6 Å². The minimum atomic E-state index is -0.712. The van der Waals surface area contributed by atoms with E-state index in [9.17, 15) is 4.79 Å². The third-order valence-electron chi connectivity index (χ3n) is 3.30. The van der Waals surface area contributed by atoms with Gasteiger partial charge in [0.15, 0.2) is 11.5 Å². The van der Waals surface area contributed by atoms with E-state index in [-0.39, 0.29) is 0 Å². The van der Waals surface area contributed by atoms with Crippen molar-refractivity contribution in [2.75, 3.05) is 14.2 Å². The smallest absolute Gasteiger partial charge is 0.223 e. The fourth-order valence-corrected chi connectivity index (χ4v) is 2.21. The molecule has 0 saturated heterocycles. The zero-order valence-electron chi connectivity index (χ0n) is 12.2. The number of rotatable bonds is 6. The van der Waals surface area contributed by atoms with E-state index >= 15 is 0 Å². The summed E-state index contributed by atoms with van der Waals surface area (Å²) in [6, 6.07) is 2.94. The van der Waals surface area contributed by atoms with Crippen LogP contribution in [0.2, 0.25) is 5.02 Å². The van der Waals surface area contributed by atoms with Gasteiger partial charge < -0.3 is 20.9 Å². The molecule has 1 amide bonds. The summed E-state index contributed by atoms with van der Waals surface area (Å²) in [6.07, 6.45) is 0.386. The quantitative estimate of drug-likeness (QED) is 0.843. The average molecular weight is 301 g/mol. The van der Waals surface area contributed by atoms with Crippen molar-refractivity contribution >= 4 is 17.5 Å². The minimum Gasteiger partial charge on any atom is -0.493 e. The van der Waals surface area contributed by atoms with Crippen molar-refractivity contribution in [3.63, 3.8) is 0 Å². The zero-order valence-corrected chi connectivity index (χ0v) is 13.0. The Labute approximate surface area is 124 Å². The van der Waals surface area contributed by atoms with Crippen LogP contribution in [0.1, 0.15) is 31.9 Å². The molecule has 0 aliphatic carbocycles. The Balaban J connectivity index is 3.10. The van der Waals surface area contributed by atoms with Gasteiger partial charge in [0.25, 0.3) is 0 Å². The first-order valence-electron chi connectivity index (χ1n) is 6.20. The number of hydrogen-bond acceptors (Lipinski definition) is 4. The summed E-state index contributed by atoms with van der Waals surface area (Å²) < 4.78 is 10.4. The van der Waals surface area contributed by atoms with E-state index in [1.54, 1.807) is 26.0 Å². The van der Waals surface area contributed by atoms with Gasteiger partial charge in [-0.3, -0.25) is 4.79 Å². The summed E-state index contributed by atoms with van der Waals surface area (Å²) in [5.74, 6) is 0.673. The molecule has 1 atom stereocenters. The molecule has 0 aliphatic rings. The number of nitrogens with two attached hydrogens (primary N) is 2. The van der Waals surface area contributed by atoms with Crippen molar-refractivity contribution in [3.8, 4) is 11.5 Å². The van der Waals surface area contributed by atoms with Gasteiger partial charge in [-0.05, 0) is 18.1 Å². The molecule has 0 aromatic heterocycles. The average Bonchev–Trinajstić information content (AvgIpc) is 2.37. The predicted octanol–water partition coefficient (Wildman–Crippen LogP) is 2.26. The summed E-state index contributed by atoms with van der Waals surface area (Å²) >= 11 is 6.21. The molecule has 6 heteroatoms. The molecule has 5 nitrogen and oxygen atoms in total. The fraction of sp³-hybridized carbons (Fsp3) is 0.500. The molecular formula is C14H21ClN2O3. The fourth-order valence-electron chi connectivity index (χ4n) is 1.91. The highest BCUT2D eigenvalue weighted by molar-refractivity contribution is 6.31. The summed E-state index contributed by atoms with van der Waals surface area (Å²) in [6.45, 7) is 3.51. The second-order valence-corrected chi connectivity index (χ2v) is 5.69. The van der Waals surface area contributed by atoms with Gasteiger partial charge >= 0.3 is 0 Å². The molecule has 1 aromatic carbocycles. The van der Waals surface area contributed by atoms with Crippen molar-refractivity contribution in [1.82, 2.24) is 0 Å². The zero-order chi connectivity index (χ0) is 15.5. The van der Waals surface area contributed by atoms with Gasteiger partial charge in [0.2, 0.25) is 5.91 Å². The molecule has 20 heavy (non-hydrogen) atoms. The number of hydrogen-bond donors (Lipinski definition) is 2. The Bertz CT molecular complexity index is 503. The summed E-state index contributed by atoms with van der Waals surface area (Å²) in [5, 5.41) is 0.468. The molecule has 0 radical (unpaired) electrons. The maximum atomic E-state index is 11.4. The van der Waals surface area contributed by atoms with Gasteiger partial charge in [-0.2, -0.15) is 0 Å². The molecule has 0 aliphatic heterocycles. The van der Waals surface area contributed by atoms with Crippen LogP contribution in [0.25, 0.3) is 0 Å². The Morgan fingerprint density at radius 1 is 1.30 bits per heavy atom. The monoisotopic (exact) mass is 300 g/mol. The summed E-state index contributed by atoms with van der Waals surface area (Å²) in [7, 11) is 3.07. The highest BCUT2D eigenvalue weighted by atomic mass is 35.5. The number of carbonyl (C=O) groups excluding carboxylic acids is 1. The first kappa shape index (κ1) is 16.6. The minimum absolute atomic E-state index is 0.386. The van der Waals surface area contributed by atoms with E-state index < -0.39 is 17.4 Å². The van der Waals surface area contributed by atoms with Crippen LogP contribution in [0.15, 0.2) is 12.1 Å². The molecule has 0 heterocycles. The summed E-state index contributed by atoms with van der Waals surface area (Å²) in [5.41, 5.74) is 11.5. The van der Waals surface area contributed by atoms with E-state index in [1.807, 2.05) is 0 Å². The van der Waals surface area contributed by atoms with Gasteiger partial charge in [0.1, 0.15) is 0 Å². The van der Waals surface area contributed by atoms with Crippen LogP contribution in [0.5, 0.6) is 11.5 Å². The van der Waals surface area contributed by atoms with E-state index in [0.29, 0.717) is 28.5 Å². The molecular weight excluding hydrogens is 280 g/mol. The van der Waals surface area contributed by atoms with Gasteiger partial charge in [0, 0.05) is 22.5 Å². The third kappa shape index (κ3) is 3.55. The standard InChI is InChI=1S/C14H21ClN2O3/c1-14(2,13(17)18)7-10(16)8-5-11(19-3)12(20-4)6-9(8)15/h5-6,10H,7,16H2,1-4H3,(H2,17,18). The number of carbonyl (C=O) groups is 1. The molecule has 0 saturated carbocycles. The van der Waals surface area contributed by atoms with Crippen molar-refractivity contribution in [1.29, 1.82) is 0 Å². The van der Waals surface area contributed by atoms with E-state index in [2.05, 4.69) is 0 Å². The lowest BCUT2D eigenvalue weighted by Gasteiger charge is -2.25. The molecule has 0 bridgehead atoms. The lowest BCUT2D eigenvalue weighted by Crippen LogP contribution is -2.34. The Morgan fingerprint density at radius 3 is 2.25 bits per heavy atom. The van der Waals surface area contributed by atoms with Crippen molar-refractivity contribution < 1.29 is 14.3 Å². The maximum absolute atomic E-state index is 11.4. The first-order chi connectivity index (χ1) is 9.22. The van der Waals surface area contributed by atoms with Gasteiger partial charge in [-0.1, -0.05) is 25.4 Å². The highest BCUT2D eigenvalue weighted by Gasteiger charge is 2.29. The van der Waals surface area contributed by atoms with Crippen LogP contribution in [-0.2, 0) is 4.79 Å². The third-order valence-corrected chi connectivity index (χ3v) is 3.63. The number of halogens is 1. The van der Waals surface area contributed by atoms with Gasteiger partial charge in [0.05, 0.1) is 14.2 Å². The highest BCUT2D eigenvalue weighted by Crippen LogP contribution is 2.38. The van der Waals surface area contributed by atoms with E-state index in [4.69, 9.17) is 32.5 Å². The topological polar surface area (TPSA) is 87.6 Å². The lowest BCUT2D eigenvalue weighted by atomic mass is 9.83. The molecule has 4 N–H and O–H groups in total. The van der Waals surface area contributed by atoms with Crippen molar-refractivity contribution in [2.45, 2.75) is 26.3 Å². The maximum Gasteiger partial charge on any atom is 0.223 e. The predicted molar refractivity (Wildman–Crippen MR) is 79.1 cm³/mol. The number of methoxy groups -OCH3 is 2. The molecule has 1 aromatic rings. The summed E-state index contributed by atoms with van der Waals surface area (Å²) in [4.78, 5) is 11.4. The van der Waals surface area contributed by atoms with Crippen LogP contribution < -0.4 is 20.9 Å². The number of primary amides is 1. The molecule has 112 valence electrons. The van der Waals surface area contributed by atoms with Gasteiger partial charge in [-0.15, -0.1) is 0 Å². The van der Waals surface area contributed by atoms with E-state index in [0.717, 1.165) is 0 Å². The largest absolute Gasteiger partial charge is 0.493 e. The lowest BCUT2D eigenvalue weighted by molar-refractivity contribution is -0.126. The van der Waals surface area contributed by atoms with E-state index in [1.165, 1.54) is 14.2 Å². The van der Waals surface area contributed by atoms with Crippen molar-refractivity contribution in [2.24, 2.45) is 16.9 Å². The molecule has 0 fully saturated rings. The van der Waals surface area contributed by atoms with Crippen LogP contribution in [0.3, 0.4) is 0 Å². The Hall–Kier alpha value is -1.46. The van der Waals surface area contributed by atoms with Crippen LogP contribution in [0, 0.1) is 5.41 Å². The van der Waals surface area contributed by atoms with Crippen LogP contribution in [-0.4, -0.2) is 20.1 Å². The molecule has 1 rings (SSSR count). The SMILES string of the molecule is COc1cc(Cl)c(C(N)CC(C)(C)C(N)=O)cc1OC. The van der Waals surface area contributed by atoms with Crippen LogP contribution in [0.4, 0.5) is 0 Å².